The number of hydrogen-bond donors (Lipinski definition) is 0. The van der Waals surface area contributed by atoms with E-state index in [1.54, 1.807) is 119 Å². The molecule has 0 N–H and O–H groups in total. The summed E-state index contributed by atoms with van der Waals surface area (Å²) >= 11 is 0. The summed E-state index contributed by atoms with van der Waals surface area (Å²) in [6.45, 7) is 6.44. The molecule has 0 aromatic heterocycles. The van der Waals surface area contributed by atoms with Gasteiger partial charge in [-0.25, -0.2) is 0 Å². The normalized spacial score (nSPS) is 14.9. The molecule has 9 aromatic rings. The van der Waals surface area contributed by atoms with Crippen molar-refractivity contribution in [1.82, 2.24) is 0 Å². The van der Waals surface area contributed by atoms with E-state index >= 15 is 0 Å². The van der Waals surface area contributed by atoms with Gasteiger partial charge in [-0.1, -0.05) is 155 Å². The summed E-state index contributed by atoms with van der Waals surface area (Å²) in [5, 5.41) is 94.9. The van der Waals surface area contributed by atoms with Gasteiger partial charge in [0.25, 0.3) is 0 Å². The van der Waals surface area contributed by atoms with Gasteiger partial charge in [0.05, 0.1) is 17.1 Å². The van der Waals surface area contributed by atoms with Crippen LogP contribution in [0, 0.1) is 0 Å². The molecular formula is C87H89N3O8Ti2. The first-order valence-corrected chi connectivity index (χ1v) is 35.8. The van der Waals surface area contributed by atoms with Gasteiger partial charge < -0.3 is 40.9 Å². The Hall–Kier alpha value is -7.86. The number of nitrogens with zero attached hydrogens (tertiary/aromatic N) is 3. The van der Waals surface area contributed by atoms with Crippen molar-refractivity contribution in [3.8, 4) is 67.9 Å². The molecule has 100 heavy (non-hydrogen) atoms. The predicted octanol–water partition coefficient (Wildman–Crippen LogP) is 14.5. The first-order valence-electron chi connectivity index (χ1n) is 35.8. The SMILES string of the molecule is CC(C)[O-].CC(C)[O-].[O-]c1ccccc1C=Nc1ccc2c(c1-c1c([O-])ccc3c1CCCC3)CCCC2.[O-]c1ccccc1C=Nc1ccc2c(c1-c1c([O-])ccc3c1CCCC3)CCCC2.[O-]c1ccccc1C=Nc1ccc2c(c1-c1c([O-])ccc3c1CCCC3)CCCC2.[Ti+4].[Ti+4]. The van der Waals surface area contributed by atoms with E-state index in [1.165, 1.54) is 105 Å². The van der Waals surface area contributed by atoms with Gasteiger partial charge >= 0.3 is 43.4 Å². The summed E-state index contributed by atoms with van der Waals surface area (Å²) in [6, 6.07) is 44.6. The van der Waals surface area contributed by atoms with Crippen molar-refractivity contribution in [2.24, 2.45) is 15.0 Å². The molecule has 0 saturated carbocycles. The molecule has 0 saturated heterocycles. The van der Waals surface area contributed by atoms with E-state index in [4.69, 9.17) is 15.0 Å². The molecule has 0 radical (unpaired) electrons. The zero-order valence-electron chi connectivity index (χ0n) is 58.3. The number of hydrogen-bond acceptors (Lipinski definition) is 11. The smallest absolute Gasteiger partial charge is 0.872 e. The maximum Gasteiger partial charge on any atom is 4.00 e. The summed E-state index contributed by atoms with van der Waals surface area (Å²) in [5.41, 5.74) is 25.1. The van der Waals surface area contributed by atoms with Gasteiger partial charge in [0.2, 0.25) is 0 Å². The molecule has 0 unspecified atom stereocenters. The van der Waals surface area contributed by atoms with Crippen LogP contribution in [-0.2, 0) is 120 Å². The van der Waals surface area contributed by atoms with Crippen LogP contribution in [0.1, 0.15) is 188 Å². The van der Waals surface area contributed by atoms with Gasteiger partial charge in [0.1, 0.15) is 0 Å². The van der Waals surface area contributed by atoms with Crippen molar-refractivity contribution in [2.75, 3.05) is 0 Å². The minimum absolute atomic E-state index is 0. The van der Waals surface area contributed by atoms with Crippen molar-refractivity contribution in [3.63, 3.8) is 0 Å². The topological polar surface area (TPSA) is 222 Å². The number of fused-ring (bicyclic) bond motifs is 6. The third kappa shape index (κ3) is 18.6. The predicted molar refractivity (Wildman–Crippen MR) is 384 cm³/mol. The van der Waals surface area contributed by atoms with Crippen LogP contribution >= 0.6 is 0 Å². The van der Waals surface area contributed by atoms with Gasteiger partial charge in [-0.05, 0) is 272 Å². The zero-order chi connectivity index (χ0) is 68.7. The summed E-state index contributed by atoms with van der Waals surface area (Å²) in [5.74, 6) is 0.160. The Balaban J connectivity index is 0.000000164. The molecule has 0 amide bonds. The quantitative estimate of drug-likeness (QED) is 0.0996. The number of benzene rings is 9. The van der Waals surface area contributed by atoms with E-state index in [1.807, 2.05) is 54.6 Å². The molecule has 0 atom stereocenters. The average molecular weight is 1400 g/mol. The Morgan fingerprint density at radius 3 is 0.660 bits per heavy atom. The molecular weight excluding hydrogens is 1310 g/mol. The summed E-state index contributed by atoms with van der Waals surface area (Å²) in [4.78, 5) is 14.2. The van der Waals surface area contributed by atoms with Crippen molar-refractivity contribution < 1.29 is 84.3 Å². The second kappa shape index (κ2) is 36.7. The molecule has 6 aliphatic rings. The van der Waals surface area contributed by atoms with E-state index in [0.717, 1.165) is 166 Å². The minimum Gasteiger partial charge on any atom is -0.872 e. The number of aryl methyl sites for hydroxylation is 6. The van der Waals surface area contributed by atoms with Crippen LogP contribution in [0.2, 0.25) is 0 Å². The van der Waals surface area contributed by atoms with Crippen LogP contribution in [0.25, 0.3) is 33.4 Å². The fourth-order valence-electron chi connectivity index (χ4n) is 15.0. The van der Waals surface area contributed by atoms with Gasteiger partial charge in [0.15, 0.2) is 0 Å². The maximum absolute atomic E-state index is 13.2. The Morgan fingerprint density at radius 1 is 0.250 bits per heavy atom. The van der Waals surface area contributed by atoms with Crippen LogP contribution in [0.15, 0.2) is 161 Å². The van der Waals surface area contributed by atoms with Gasteiger partial charge in [-0.2, -0.15) is 0 Å². The maximum atomic E-state index is 13.2. The largest absolute Gasteiger partial charge is 4.00 e. The fourth-order valence-corrected chi connectivity index (χ4v) is 15.0. The van der Waals surface area contributed by atoms with Crippen molar-refractivity contribution in [2.45, 2.75) is 194 Å². The third-order valence-electron chi connectivity index (χ3n) is 19.6. The van der Waals surface area contributed by atoms with Gasteiger partial charge in [-0.15, -0.1) is 46.7 Å². The van der Waals surface area contributed by atoms with E-state index in [0.29, 0.717) is 16.7 Å². The minimum atomic E-state index is -0.417. The number of rotatable bonds is 9. The second-order valence-electron chi connectivity index (χ2n) is 27.2. The van der Waals surface area contributed by atoms with Crippen molar-refractivity contribution in [3.05, 3.63) is 229 Å². The van der Waals surface area contributed by atoms with Crippen LogP contribution in [0.3, 0.4) is 0 Å². The van der Waals surface area contributed by atoms with Crippen LogP contribution in [-0.4, -0.2) is 30.9 Å². The molecule has 6 aliphatic carbocycles. The molecule has 508 valence electrons. The molecule has 0 aliphatic heterocycles. The van der Waals surface area contributed by atoms with Crippen molar-refractivity contribution in [1.29, 1.82) is 0 Å². The molecule has 11 nitrogen and oxygen atoms in total. The molecule has 13 heteroatoms. The van der Waals surface area contributed by atoms with Crippen LogP contribution < -0.4 is 40.9 Å². The van der Waals surface area contributed by atoms with E-state index < -0.39 is 12.2 Å². The fraction of sp³-hybridized carbons (Fsp3) is 0.345. The summed E-state index contributed by atoms with van der Waals surface area (Å²) < 4.78 is 0. The molecule has 0 heterocycles. The second-order valence-corrected chi connectivity index (χ2v) is 27.2. The van der Waals surface area contributed by atoms with Crippen LogP contribution in [0.4, 0.5) is 17.1 Å². The van der Waals surface area contributed by atoms with Crippen molar-refractivity contribution >= 4 is 35.7 Å². The third-order valence-corrected chi connectivity index (χ3v) is 19.6. The Kier molecular flexibility index (Phi) is 28.0. The standard InChI is InChI=1S/3C27H27NO2.2C3H7O.2Ti/c3*29-24-12-6-3-9-20(24)17-28-23-15-13-18-7-1-4-10-21(18)26(23)27-22-11-5-2-8-19(22)14-16-25(27)30;2*1-3(2)4;;/h3*3,6,9,12-17,29-30H,1-2,4-5,7-8,10-11H2;2*3H,1-2H3;;/q;;;2*-1;2*+4/p-6. The molecule has 0 spiro atoms. The average Bonchev–Trinajstić information content (AvgIpc) is 0.770. The Morgan fingerprint density at radius 2 is 0.440 bits per heavy atom. The number of aliphatic imine (C=N–C) groups is 3. The first-order chi connectivity index (χ1) is 47.6. The van der Waals surface area contributed by atoms with E-state index in [2.05, 4.69) is 18.2 Å². The van der Waals surface area contributed by atoms with E-state index in [-0.39, 0.29) is 77.9 Å². The number of para-hydroxylation sites is 3. The Bertz CT molecular complexity index is 3940. The molecule has 15 rings (SSSR count). The van der Waals surface area contributed by atoms with Gasteiger partial charge in [0, 0.05) is 35.3 Å². The van der Waals surface area contributed by atoms with E-state index in [9.17, 15) is 40.9 Å². The molecule has 9 aromatic carbocycles. The monoisotopic (exact) mass is 1400 g/mol. The van der Waals surface area contributed by atoms with Gasteiger partial charge in [-0.3, -0.25) is 15.0 Å². The summed E-state index contributed by atoms with van der Waals surface area (Å²) in [6.07, 6.45) is 30.1. The van der Waals surface area contributed by atoms with Crippen LogP contribution in [0.5, 0.6) is 34.5 Å². The first kappa shape index (κ1) is 76.3. The summed E-state index contributed by atoms with van der Waals surface area (Å²) in [7, 11) is 0. The molecule has 0 fully saturated rings. The zero-order valence-corrected chi connectivity index (χ0v) is 61.4. The molecule has 0 bridgehead atoms. The Labute approximate surface area is 621 Å².